The molecule has 0 aliphatic heterocycles. The van der Waals surface area contributed by atoms with Crippen LogP contribution in [0.1, 0.15) is 28.8 Å². The van der Waals surface area contributed by atoms with Crippen molar-refractivity contribution < 1.29 is 27.1 Å². The first kappa shape index (κ1) is 18.8. The fraction of sp³-hybridized carbons (Fsp3) is 0.278. The van der Waals surface area contributed by atoms with Crippen LogP contribution in [-0.4, -0.2) is 19.1 Å². The third-order valence-corrected chi connectivity index (χ3v) is 3.42. The number of hydrogen-bond donors (Lipinski definition) is 1. The Bertz CT molecular complexity index is 699. The van der Waals surface area contributed by atoms with Gasteiger partial charge in [-0.2, -0.15) is 13.2 Å². The third kappa shape index (κ3) is 5.77. The number of carbonyl (C=O) groups excluding carboxylic acids is 1. The molecule has 2 aromatic carbocycles. The summed E-state index contributed by atoms with van der Waals surface area (Å²) in [6, 6.07) is 10.2. The van der Waals surface area contributed by atoms with Crippen molar-refractivity contribution in [3.05, 3.63) is 65.5 Å². The molecule has 1 amide bonds. The molecule has 1 N–H and O–H groups in total. The van der Waals surface area contributed by atoms with Gasteiger partial charge >= 0.3 is 6.18 Å². The second-order valence-electron chi connectivity index (χ2n) is 5.31. The number of amides is 1. The number of halogens is 4. The minimum atomic E-state index is -4.57. The minimum absolute atomic E-state index is 0.234. The number of nitrogens with one attached hydrogen (secondary N) is 1. The summed E-state index contributed by atoms with van der Waals surface area (Å²) < 4.78 is 56.7. The topological polar surface area (TPSA) is 38.3 Å². The molecule has 0 bridgehead atoms. The quantitative estimate of drug-likeness (QED) is 0.589. The van der Waals surface area contributed by atoms with Gasteiger partial charge in [0.05, 0.1) is 17.7 Å². The van der Waals surface area contributed by atoms with Crippen LogP contribution in [0.4, 0.5) is 17.6 Å². The predicted octanol–water partition coefficient (Wildman–Crippen LogP) is 4.43. The maximum atomic E-state index is 12.9. The molecule has 25 heavy (non-hydrogen) atoms. The SMILES string of the molecule is O=C(NCCCCOc1ccc(F)cc1)c1ccccc1C(F)(F)F. The number of ether oxygens (including phenoxy) is 1. The molecule has 0 aliphatic rings. The van der Waals surface area contributed by atoms with Crippen LogP contribution in [0.15, 0.2) is 48.5 Å². The van der Waals surface area contributed by atoms with E-state index in [1.165, 1.54) is 36.4 Å². The number of alkyl halides is 3. The van der Waals surface area contributed by atoms with Crippen LogP contribution >= 0.6 is 0 Å². The summed E-state index contributed by atoms with van der Waals surface area (Å²) >= 11 is 0. The van der Waals surface area contributed by atoms with E-state index in [0.717, 1.165) is 12.1 Å². The molecule has 7 heteroatoms. The van der Waals surface area contributed by atoms with E-state index in [1.54, 1.807) is 0 Å². The summed E-state index contributed by atoms with van der Waals surface area (Å²) in [5, 5.41) is 2.47. The Kier molecular flexibility index (Phi) is 6.38. The molecule has 0 aromatic heterocycles. The summed E-state index contributed by atoms with van der Waals surface area (Å²) in [6.45, 7) is 0.596. The van der Waals surface area contributed by atoms with E-state index in [-0.39, 0.29) is 12.4 Å². The highest BCUT2D eigenvalue weighted by Crippen LogP contribution is 2.31. The molecule has 2 rings (SSSR count). The number of hydrogen-bond acceptors (Lipinski definition) is 2. The number of benzene rings is 2. The molecule has 0 spiro atoms. The first-order valence-electron chi connectivity index (χ1n) is 7.71. The Morgan fingerprint density at radius 3 is 2.36 bits per heavy atom. The molecule has 3 nitrogen and oxygen atoms in total. The van der Waals surface area contributed by atoms with Crippen molar-refractivity contribution in [2.45, 2.75) is 19.0 Å². The van der Waals surface area contributed by atoms with Gasteiger partial charge in [0.2, 0.25) is 0 Å². The van der Waals surface area contributed by atoms with E-state index < -0.39 is 23.2 Å². The molecule has 0 fully saturated rings. The van der Waals surface area contributed by atoms with Crippen molar-refractivity contribution in [2.24, 2.45) is 0 Å². The van der Waals surface area contributed by atoms with Crippen molar-refractivity contribution >= 4 is 5.91 Å². The lowest BCUT2D eigenvalue weighted by Crippen LogP contribution is -2.27. The maximum absolute atomic E-state index is 12.9. The van der Waals surface area contributed by atoms with Gasteiger partial charge in [0, 0.05) is 6.54 Å². The highest BCUT2D eigenvalue weighted by atomic mass is 19.4. The number of rotatable bonds is 7. The van der Waals surface area contributed by atoms with Crippen LogP contribution in [0.2, 0.25) is 0 Å². The van der Waals surface area contributed by atoms with E-state index in [0.29, 0.717) is 25.2 Å². The summed E-state index contributed by atoms with van der Waals surface area (Å²) in [5.74, 6) is -0.578. The smallest absolute Gasteiger partial charge is 0.417 e. The zero-order valence-electron chi connectivity index (χ0n) is 13.3. The Morgan fingerprint density at radius 1 is 1.00 bits per heavy atom. The highest BCUT2D eigenvalue weighted by Gasteiger charge is 2.34. The molecule has 2 aromatic rings. The van der Waals surface area contributed by atoms with E-state index in [1.807, 2.05) is 0 Å². The fourth-order valence-corrected chi connectivity index (χ4v) is 2.17. The van der Waals surface area contributed by atoms with Gasteiger partial charge in [-0.05, 0) is 49.2 Å². The maximum Gasteiger partial charge on any atom is 0.417 e. The summed E-state index contributed by atoms with van der Waals surface area (Å²) in [4.78, 5) is 11.9. The molecule has 0 saturated carbocycles. The largest absolute Gasteiger partial charge is 0.494 e. The third-order valence-electron chi connectivity index (χ3n) is 3.42. The average molecular weight is 355 g/mol. The van der Waals surface area contributed by atoms with Gasteiger partial charge in [0.1, 0.15) is 11.6 Å². The molecule has 0 unspecified atom stereocenters. The van der Waals surface area contributed by atoms with Gasteiger partial charge in [-0.15, -0.1) is 0 Å². The second kappa shape index (κ2) is 8.50. The lowest BCUT2D eigenvalue weighted by Gasteiger charge is -2.12. The number of unbranched alkanes of at least 4 members (excludes halogenated alkanes) is 1. The van der Waals surface area contributed by atoms with Crippen LogP contribution < -0.4 is 10.1 Å². The van der Waals surface area contributed by atoms with Crippen LogP contribution in [-0.2, 0) is 6.18 Å². The summed E-state index contributed by atoms with van der Waals surface area (Å²) in [6.07, 6.45) is -3.43. The second-order valence-corrected chi connectivity index (χ2v) is 5.31. The molecule has 0 aliphatic carbocycles. The zero-order valence-corrected chi connectivity index (χ0v) is 13.3. The monoisotopic (exact) mass is 355 g/mol. The van der Waals surface area contributed by atoms with E-state index in [4.69, 9.17) is 4.74 Å². The molecule has 0 saturated heterocycles. The van der Waals surface area contributed by atoms with Crippen molar-refractivity contribution in [3.63, 3.8) is 0 Å². The Hall–Kier alpha value is -2.57. The fourth-order valence-electron chi connectivity index (χ4n) is 2.17. The number of carbonyl (C=O) groups is 1. The Balaban J connectivity index is 1.73. The van der Waals surface area contributed by atoms with Gasteiger partial charge in [0.25, 0.3) is 5.91 Å². The minimum Gasteiger partial charge on any atom is -0.494 e. The van der Waals surface area contributed by atoms with Gasteiger partial charge in [-0.25, -0.2) is 4.39 Å². The van der Waals surface area contributed by atoms with Crippen molar-refractivity contribution in [1.29, 1.82) is 0 Å². The van der Waals surface area contributed by atoms with Gasteiger partial charge < -0.3 is 10.1 Å². The van der Waals surface area contributed by atoms with Crippen LogP contribution in [0.5, 0.6) is 5.75 Å². The van der Waals surface area contributed by atoms with Crippen LogP contribution in [0, 0.1) is 5.82 Å². The molecule has 0 radical (unpaired) electrons. The van der Waals surface area contributed by atoms with Crippen LogP contribution in [0.25, 0.3) is 0 Å². The Morgan fingerprint density at radius 2 is 1.68 bits per heavy atom. The highest BCUT2D eigenvalue weighted by molar-refractivity contribution is 5.95. The van der Waals surface area contributed by atoms with Gasteiger partial charge in [-0.1, -0.05) is 12.1 Å². The molecule has 0 atom stereocenters. The lowest BCUT2D eigenvalue weighted by molar-refractivity contribution is -0.137. The standard InChI is InChI=1S/C18H17F4NO2/c19-13-7-9-14(10-8-13)25-12-4-3-11-23-17(24)15-5-1-2-6-16(15)18(20,21)22/h1-2,5-10H,3-4,11-12H2,(H,23,24). The van der Waals surface area contributed by atoms with Crippen molar-refractivity contribution in [2.75, 3.05) is 13.2 Å². The average Bonchev–Trinajstić information content (AvgIpc) is 2.58. The normalized spacial score (nSPS) is 11.2. The molecular formula is C18H17F4NO2. The van der Waals surface area contributed by atoms with Crippen LogP contribution in [0.3, 0.4) is 0 Å². The predicted molar refractivity (Wildman–Crippen MR) is 84.9 cm³/mol. The van der Waals surface area contributed by atoms with E-state index in [9.17, 15) is 22.4 Å². The van der Waals surface area contributed by atoms with E-state index >= 15 is 0 Å². The summed E-state index contributed by atoms with van der Waals surface area (Å²) in [7, 11) is 0. The molecular weight excluding hydrogens is 338 g/mol. The van der Waals surface area contributed by atoms with E-state index in [2.05, 4.69) is 5.32 Å². The van der Waals surface area contributed by atoms with Gasteiger partial charge in [0.15, 0.2) is 0 Å². The zero-order chi connectivity index (χ0) is 18.3. The van der Waals surface area contributed by atoms with Gasteiger partial charge in [-0.3, -0.25) is 4.79 Å². The molecule has 0 heterocycles. The first-order valence-corrected chi connectivity index (χ1v) is 7.71. The van der Waals surface area contributed by atoms with Crippen molar-refractivity contribution in [3.8, 4) is 5.75 Å². The summed E-state index contributed by atoms with van der Waals surface area (Å²) in [5.41, 5.74) is -1.34. The Labute approximate surface area is 142 Å². The first-order chi connectivity index (χ1) is 11.9. The van der Waals surface area contributed by atoms with Crippen molar-refractivity contribution in [1.82, 2.24) is 5.32 Å². The molecule has 134 valence electrons. The lowest BCUT2D eigenvalue weighted by atomic mass is 10.1.